The van der Waals surface area contributed by atoms with E-state index in [0.717, 1.165) is 11.3 Å². The summed E-state index contributed by atoms with van der Waals surface area (Å²) in [5.41, 5.74) is 4.60. The number of rotatable bonds is 6. The monoisotopic (exact) mass is 320 g/mol. The molecule has 0 aliphatic carbocycles. The van der Waals surface area contributed by atoms with Crippen molar-refractivity contribution in [1.29, 1.82) is 0 Å². The maximum absolute atomic E-state index is 11.9. The summed E-state index contributed by atoms with van der Waals surface area (Å²) in [6, 6.07) is 14.7. The van der Waals surface area contributed by atoms with Crippen LogP contribution in [0.1, 0.15) is 5.56 Å². The van der Waals surface area contributed by atoms with Crippen molar-refractivity contribution in [3.63, 3.8) is 0 Å². The third kappa shape index (κ3) is 3.67. The number of para-hydroxylation sites is 2. The number of nitrogens with zero attached hydrogens (tertiary/aromatic N) is 2. The van der Waals surface area contributed by atoms with Crippen molar-refractivity contribution in [2.24, 2.45) is 5.10 Å². The molecule has 6 nitrogen and oxygen atoms in total. The Balaban J connectivity index is 1.71. The van der Waals surface area contributed by atoms with Gasteiger partial charge < -0.3 is 9.72 Å². The fourth-order valence-electron chi connectivity index (χ4n) is 2.08. The summed E-state index contributed by atoms with van der Waals surface area (Å²) >= 11 is 0. The Kier molecular flexibility index (Phi) is 4.67. The third-order valence-electron chi connectivity index (χ3n) is 3.23. The van der Waals surface area contributed by atoms with Gasteiger partial charge in [0, 0.05) is 0 Å². The van der Waals surface area contributed by atoms with Gasteiger partial charge in [-0.3, -0.25) is 10.2 Å². The van der Waals surface area contributed by atoms with Gasteiger partial charge in [-0.05, 0) is 42.0 Å². The van der Waals surface area contributed by atoms with Crippen LogP contribution >= 0.6 is 0 Å². The van der Waals surface area contributed by atoms with Crippen LogP contribution in [-0.4, -0.2) is 22.8 Å². The Morgan fingerprint density at radius 2 is 2.00 bits per heavy atom. The van der Waals surface area contributed by atoms with Gasteiger partial charge in [0.25, 0.3) is 5.56 Å². The number of nitrogens with one attached hydrogen (secondary N) is 2. The van der Waals surface area contributed by atoms with Crippen LogP contribution in [0, 0.1) is 0 Å². The molecule has 0 radical (unpaired) electrons. The van der Waals surface area contributed by atoms with Crippen LogP contribution in [0.2, 0.25) is 0 Å². The standard InChI is InChI=1S/C18H16N4O2/c1-2-11-24-14-9-7-13(8-10-14)12-19-22-17-18(23)21-16-6-4-3-5-15(16)20-17/h2-10,12H,1,11H2,(H,20,22)(H,21,23). The number of aromatic amines is 1. The van der Waals surface area contributed by atoms with Gasteiger partial charge >= 0.3 is 0 Å². The lowest BCUT2D eigenvalue weighted by atomic mass is 10.2. The molecule has 0 aliphatic heterocycles. The lowest BCUT2D eigenvalue weighted by Gasteiger charge is -2.03. The second-order valence-corrected chi connectivity index (χ2v) is 4.97. The SMILES string of the molecule is C=CCOc1ccc(C=NNc2nc3ccccc3[nH]c2=O)cc1. The van der Waals surface area contributed by atoms with Gasteiger partial charge in [-0.15, -0.1) is 0 Å². The molecule has 1 aromatic heterocycles. The van der Waals surface area contributed by atoms with E-state index < -0.39 is 0 Å². The summed E-state index contributed by atoms with van der Waals surface area (Å²) < 4.78 is 5.41. The molecular weight excluding hydrogens is 304 g/mol. The molecule has 1 heterocycles. The summed E-state index contributed by atoms with van der Waals surface area (Å²) in [7, 11) is 0. The van der Waals surface area contributed by atoms with E-state index in [0.29, 0.717) is 17.6 Å². The second-order valence-electron chi connectivity index (χ2n) is 4.97. The number of benzene rings is 2. The molecule has 3 aromatic rings. The minimum absolute atomic E-state index is 0.149. The highest BCUT2D eigenvalue weighted by atomic mass is 16.5. The van der Waals surface area contributed by atoms with E-state index >= 15 is 0 Å². The highest BCUT2D eigenvalue weighted by Gasteiger charge is 2.02. The first kappa shape index (κ1) is 15.5. The van der Waals surface area contributed by atoms with E-state index in [1.807, 2.05) is 42.5 Å². The number of ether oxygens (including phenoxy) is 1. The van der Waals surface area contributed by atoms with E-state index in [9.17, 15) is 4.79 Å². The zero-order chi connectivity index (χ0) is 16.8. The van der Waals surface area contributed by atoms with Gasteiger partial charge in [0.1, 0.15) is 12.4 Å². The number of hydrazone groups is 1. The zero-order valence-electron chi connectivity index (χ0n) is 12.9. The number of H-pyrrole nitrogens is 1. The number of aromatic nitrogens is 2. The Bertz CT molecular complexity index is 930. The molecule has 0 spiro atoms. The molecule has 0 aliphatic rings. The number of hydrogen-bond donors (Lipinski definition) is 2. The molecule has 0 atom stereocenters. The molecule has 0 saturated carbocycles. The first-order valence-corrected chi connectivity index (χ1v) is 7.38. The van der Waals surface area contributed by atoms with Gasteiger partial charge in [-0.25, -0.2) is 4.98 Å². The van der Waals surface area contributed by atoms with Crippen molar-refractivity contribution in [1.82, 2.24) is 9.97 Å². The van der Waals surface area contributed by atoms with Crippen molar-refractivity contribution in [3.8, 4) is 5.75 Å². The molecule has 3 rings (SSSR count). The highest BCUT2D eigenvalue weighted by molar-refractivity contribution is 5.80. The molecule has 2 N–H and O–H groups in total. The molecule has 6 heteroatoms. The van der Waals surface area contributed by atoms with Crippen LogP contribution in [0.15, 0.2) is 71.1 Å². The van der Waals surface area contributed by atoms with Crippen molar-refractivity contribution < 1.29 is 4.74 Å². The van der Waals surface area contributed by atoms with Crippen LogP contribution in [-0.2, 0) is 0 Å². The molecule has 0 bridgehead atoms. The number of fused-ring (bicyclic) bond motifs is 1. The Morgan fingerprint density at radius 3 is 2.79 bits per heavy atom. The molecule has 0 saturated heterocycles. The van der Waals surface area contributed by atoms with Gasteiger partial charge in [0.2, 0.25) is 5.82 Å². The topological polar surface area (TPSA) is 79.4 Å². The van der Waals surface area contributed by atoms with E-state index in [1.165, 1.54) is 0 Å². The van der Waals surface area contributed by atoms with Crippen LogP contribution < -0.4 is 15.7 Å². The first-order chi connectivity index (χ1) is 11.8. The summed E-state index contributed by atoms with van der Waals surface area (Å²) in [6.07, 6.45) is 3.29. The van der Waals surface area contributed by atoms with Crippen molar-refractivity contribution in [2.45, 2.75) is 0 Å². The second kappa shape index (κ2) is 7.23. The molecule has 0 amide bonds. The molecular formula is C18H16N4O2. The average Bonchev–Trinajstić information content (AvgIpc) is 2.61. The predicted molar refractivity (Wildman–Crippen MR) is 95.7 cm³/mol. The van der Waals surface area contributed by atoms with Crippen LogP contribution in [0.25, 0.3) is 11.0 Å². The van der Waals surface area contributed by atoms with Crippen molar-refractivity contribution >= 4 is 23.1 Å². The lowest BCUT2D eigenvalue weighted by molar-refractivity contribution is 0.363. The van der Waals surface area contributed by atoms with E-state index in [2.05, 4.69) is 27.1 Å². The molecule has 24 heavy (non-hydrogen) atoms. The highest BCUT2D eigenvalue weighted by Crippen LogP contribution is 2.11. The Morgan fingerprint density at radius 1 is 1.21 bits per heavy atom. The first-order valence-electron chi connectivity index (χ1n) is 7.38. The van der Waals surface area contributed by atoms with Crippen molar-refractivity contribution in [3.05, 3.63) is 77.1 Å². The van der Waals surface area contributed by atoms with Crippen LogP contribution in [0.5, 0.6) is 5.75 Å². The number of anilines is 1. The summed E-state index contributed by atoms with van der Waals surface area (Å²) in [5, 5.41) is 4.06. The molecule has 2 aromatic carbocycles. The molecule has 0 unspecified atom stereocenters. The minimum atomic E-state index is -0.320. The fourth-order valence-corrected chi connectivity index (χ4v) is 2.08. The molecule has 120 valence electrons. The average molecular weight is 320 g/mol. The van der Waals surface area contributed by atoms with Gasteiger partial charge in [0.15, 0.2) is 0 Å². The van der Waals surface area contributed by atoms with Gasteiger partial charge in [-0.2, -0.15) is 5.10 Å². The maximum Gasteiger partial charge on any atom is 0.293 e. The quantitative estimate of drug-likeness (QED) is 0.416. The Hall–Kier alpha value is -3.41. The summed E-state index contributed by atoms with van der Waals surface area (Å²) in [5.74, 6) is 0.906. The van der Waals surface area contributed by atoms with E-state index in [-0.39, 0.29) is 11.4 Å². The largest absolute Gasteiger partial charge is 0.490 e. The van der Waals surface area contributed by atoms with Crippen molar-refractivity contribution in [2.75, 3.05) is 12.0 Å². The predicted octanol–water partition coefficient (Wildman–Crippen LogP) is 2.93. The van der Waals surface area contributed by atoms with Gasteiger partial charge in [0.05, 0.1) is 17.2 Å². The van der Waals surface area contributed by atoms with Crippen LogP contribution in [0.4, 0.5) is 5.82 Å². The fraction of sp³-hybridized carbons (Fsp3) is 0.0556. The zero-order valence-corrected chi connectivity index (χ0v) is 12.9. The lowest BCUT2D eigenvalue weighted by Crippen LogP contribution is -2.13. The normalized spacial score (nSPS) is 10.8. The third-order valence-corrected chi connectivity index (χ3v) is 3.23. The summed E-state index contributed by atoms with van der Waals surface area (Å²) in [6.45, 7) is 4.06. The smallest absolute Gasteiger partial charge is 0.293 e. The summed E-state index contributed by atoms with van der Waals surface area (Å²) in [4.78, 5) is 19.0. The minimum Gasteiger partial charge on any atom is -0.490 e. The van der Waals surface area contributed by atoms with Crippen LogP contribution in [0.3, 0.4) is 0 Å². The maximum atomic E-state index is 11.9. The number of hydrogen-bond acceptors (Lipinski definition) is 5. The van der Waals surface area contributed by atoms with E-state index in [1.54, 1.807) is 18.4 Å². The van der Waals surface area contributed by atoms with Gasteiger partial charge in [-0.1, -0.05) is 24.8 Å². The molecule has 0 fully saturated rings. The van der Waals surface area contributed by atoms with E-state index in [4.69, 9.17) is 4.74 Å². The Labute approximate surface area is 138 Å².